The van der Waals surface area contributed by atoms with Crippen molar-refractivity contribution in [3.63, 3.8) is 0 Å². The minimum absolute atomic E-state index is 0.0112. The maximum atomic E-state index is 14.0. The molecule has 111 heavy (non-hydrogen) atoms. The molecule has 0 saturated carbocycles. The van der Waals surface area contributed by atoms with Crippen molar-refractivity contribution in [2.75, 3.05) is 26.4 Å². The van der Waals surface area contributed by atoms with Crippen molar-refractivity contribution < 1.29 is 83.0 Å². The van der Waals surface area contributed by atoms with Gasteiger partial charge in [0.2, 0.25) is 11.8 Å². The van der Waals surface area contributed by atoms with Gasteiger partial charge in [-0.25, -0.2) is 0 Å². The Morgan fingerprint density at radius 1 is 0.405 bits per heavy atom. The lowest BCUT2D eigenvalue weighted by molar-refractivity contribution is -0.303. The zero-order valence-electron chi connectivity index (χ0n) is 69.8. The molecule has 16 atom stereocenters. The summed E-state index contributed by atoms with van der Waals surface area (Å²) < 4.78 is 44.7. The maximum Gasteiger partial charge on any atom is 0.220 e. The molecule has 634 valence electrons. The minimum Gasteiger partial charge on any atom is -0.394 e. The molecule has 0 radical (unpaired) electrons. The Balaban J connectivity index is 0.000000505. The number of hydrogen-bond acceptors (Lipinski definition) is 17. The lowest BCUT2D eigenvalue weighted by Crippen LogP contribution is -2.60. The number of rotatable bonds is 65. The standard InChI is InChI=1S/C58H89NO7.C34H65NO10/c1-6-8-10-12-13-14-15-16-17-18-19-30-38-54(63-42-50-33-25-21-26-34-50)57(64-43-51-35-27-22-28-36-51)53(59-56(61)40-39-52(60)37-29-11-9-7-2)44-65-58-48(5)46(3)47(4)55(66-58)45-62-41-49-31-23-20-24-32-49;1-3-5-7-9-10-11-12-13-14-15-16-18-20-27(38)30(40)26(35-29(39)22-21-25(37)19-17-8-6-4-2)24-44-34-33(43)32(42)31(41)28(23-36)45-34/h20-28,31-36,46-48,53-55,57-58H,6-19,29-30,37-45H2,1-5H3,(H,59,61);26-28,30-34,36,38,40-43H,3-24H2,1-2H3,(H,35,39)/t46-,47+,48?,53-,54+,55?,57-,58-;26-,27+,28?,30-,31-,32-,33?,34-/m00/s1. The Morgan fingerprint density at radius 2 is 0.793 bits per heavy atom. The van der Waals surface area contributed by atoms with Crippen molar-refractivity contribution in [1.29, 1.82) is 0 Å². The topological polar surface area (TPSA) is 278 Å². The molecule has 5 rings (SSSR count). The Labute approximate surface area is 670 Å². The van der Waals surface area contributed by atoms with Crippen LogP contribution in [-0.4, -0.2) is 160 Å². The molecule has 19 heteroatoms. The third kappa shape index (κ3) is 43.3. The molecule has 0 aliphatic carbocycles. The van der Waals surface area contributed by atoms with Crippen LogP contribution >= 0.6 is 0 Å². The predicted octanol–water partition coefficient (Wildman–Crippen LogP) is 17.3. The van der Waals surface area contributed by atoms with Crippen LogP contribution < -0.4 is 10.6 Å². The number of aliphatic hydroxyl groups is 6. The van der Waals surface area contributed by atoms with E-state index in [2.05, 4.69) is 95.5 Å². The average molecular weight is 1560 g/mol. The van der Waals surface area contributed by atoms with E-state index in [9.17, 15) is 49.8 Å². The quantitative estimate of drug-likeness (QED) is 0.0244. The molecule has 3 aromatic carbocycles. The lowest BCUT2D eigenvalue weighted by Gasteiger charge is -2.44. The molecule has 0 aromatic heterocycles. The van der Waals surface area contributed by atoms with E-state index in [1.165, 1.54) is 116 Å². The smallest absolute Gasteiger partial charge is 0.220 e. The molecule has 2 saturated heterocycles. The average Bonchev–Trinajstić information content (AvgIpc) is 0.820. The maximum absolute atomic E-state index is 14.0. The normalized spacial score (nSPS) is 21.5. The molecular formula is C92H154N2O17. The van der Waals surface area contributed by atoms with Gasteiger partial charge in [-0.15, -0.1) is 0 Å². The van der Waals surface area contributed by atoms with Gasteiger partial charge in [-0.1, -0.05) is 332 Å². The van der Waals surface area contributed by atoms with E-state index >= 15 is 0 Å². The zero-order chi connectivity index (χ0) is 80.5. The van der Waals surface area contributed by atoms with Crippen LogP contribution in [0.3, 0.4) is 0 Å². The first-order valence-electron chi connectivity index (χ1n) is 44.0. The molecule has 0 spiro atoms. The molecule has 3 aromatic rings. The van der Waals surface area contributed by atoms with Gasteiger partial charge >= 0.3 is 0 Å². The first-order valence-corrected chi connectivity index (χ1v) is 44.0. The van der Waals surface area contributed by atoms with Gasteiger partial charge in [0.25, 0.3) is 0 Å². The van der Waals surface area contributed by atoms with Crippen LogP contribution in [0, 0.1) is 17.8 Å². The van der Waals surface area contributed by atoms with Crippen molar-refractivity contribution in [2.45, 2.75) is 405 Å². The number of unbranched alkanes of at least 4 members (excludes halogenated alkanes) is 28. The molecular weight excluding hydrogens is 1410 g/mol. The second-order valence-electron chi connectivity index (χ2n) is 32.0. The number of nitrogens with one attached hydrogen (secondary N) is 2. The summed E-state index contributed by atoms with van der Waals surface area (Å²) in [6.45, 7) is 16.3. The highest BCUT2D eigenvalue weighted by atomic mass is 16.7. The number of carbonyl (C=O) groups excluding carboxylic acids is 4. The van der Waals surface area contributed by atoms with Crippen LogP contribution in [0.5, 0.6) is 0 Å². The summed E-state index contributed by atoms with van der Waals surface area (Å²) in [6.07, 6.45) is 28.1. The number of amides is 2. The molecule has 2 fully saturated rings. The minimum atomic E-state index is -1.65. The van der Waals surface area contributed by atoms with Crippen molar-refractivity contribution >= 4 is 23.4 Å². The fraction of sp³-hybridized carbons (Fsp3) is 0.761. The number of ketones is 2. The number of hydrogen-bond donors (Lipinski definition) is 8. The Bertz CT molecular complexity index is 2750. The second kappa shape index (κ2) is 62.7. The summed E-state index contributed by atoms with van der Waals surface area (Å²) in [7, 11) is 0. The van der Waals surface area contributed by atoms with Crippen molar-refractivity contribution in [2.24, 2.45) is 17.8 Å². The third-order valence-electron chi connectivity index (χ3n) is 22.5. The molecule has 4 unspecified atom stereocenters. The summed E-state index contributed by atoms with van der Waals surface area (Å²) in [5, 5.41) is 67.6. The van der Waals surface area contributed by atoms with Gasteiger partial charge in [0.1, 0.15) is 48.2 Å². The van der Waals surface area contributed by atoms with E-state index in [1.807, 2.05) is 54.6 Å². The highest BCUT2D eigenvalue weighted by molar-refractivity contribution is 5.85. The fourth-order valence-electron chi connectivity index (χ4n) is 14.8. The van der Waals surface area contributed by atoms with Gasteiger partial charge in [0.05, 0.1) is 76.6 Å². The van der Waals surface area contributed by atoms with E-state index in [4.69, 9.17) is 33.2 Å². The summed E-state index contributed by atoms with van der Waals surface area (Å²) in [5.74, 6) is 0.121. The summed E-state index contributed by atoms with van der Waals surface area (Å²) in [4.78, 5) is 51.9. The summed E-state index contributed by atoms with van der Waals surface area (Å²) in [5.41, 5.74) is 3.25. The van der Waals surface area contributed by atoms with Crippen LogP contribution in [-0.2, 0) is 72.2 Å². The van der Waals surface area contributed by atoms with Crippen molar-refractivity contribution in [1.82, 2.24) is 10.6 Å². The van der Waals surface area contributed by atoms with E-state index in [0.717, 1.165) is 107 Å². The number of ether oxygens (including phenoxy) is 7. The van der Waals surface area contributed by atoms with Gasteiger partial charge < -0.3 is 74.4 Å². The Morgan fingerprint density at radius 3 is 1.25 bits per heavy atom. The number of benzene rings is 3. The monoisotopic (exact) mass is 1560 g/mol. The van der Waals surface area contributed by atoms with E-state index < -0.39 is 86.5 Å². The van der Waals surface area contributed by atoms with Crippen LogP contribution in [0.4, 0.5) is 0 Å². The third-order valence-corrected chi connectivity index (χ3v) is 22.5. The van der Waals surface area contributed by atoms with Gasteiger partial charge in [-0.05, 0) is 54.2 Å². The molecule has 2 heterocycles. The Kier molecular flexibility index (Phi) is 55.8. The summed E-state index contributed by atoms with van der Waals surface area (Å²) >= 11 is 0. The number of carbonyl (C=O) groups is 4. The highest BCUT2D eigenvalue weighted by Gasteiger charge is 2.45. The number of Topliss-reactive ketones (excluding diaryl/α,β-unsaturated/α-hetero) is 2. The van der Waals surface area contributed by atoms with Crippen LogP contribution in [0.2, 0.25) is 0 Å². The second-order valence-corrected chi connectivity index (χ2v) is 32.0. The van der Waals surface area contributed by atoms with E-state index in [1.54, 1.807) is 0 Å². The fourth-order valence-corrected chi connectivity index (χ4v) is 14.8. The summed E-state index contributed by atoms with van der Waals surface area (Å²) in [6, 6.07) is 29.0. The molecule has 2 amide bonds. The van der Waals surface area contributed by atoms with E-state index in [-0.39, 0.29) is 73.8 Å². The van der Waals surface area contributed by atoms with Crippen molar-refractivity contribution in [3.05, 3.63) is 108 Å². The molecule has 19 nitrogen and oxygen atoms in total. The van der Waals surface area contributed by atoms with E-state index in [0.29, 0.717) is 58.0 Å². The molecule has 0 bridgehead atoms. The SMILES string of the molecule is CCCCCCCCCCCCCC[C@@H](O)[C@@H](O)[C@H](CO[C@H]1OC(CO)[C@H](O)[C@H](O)C1O)NC(=O)CCC(=O)CCCCCC.CCCCCCCCCCCCCC[C@@H](OCc1ccccc1)[C@@H](OCc1ccccc1)[C@H](CO[C@H]1OC(COCc2ccccc2)[C@H](C)[C@H](C)C1C)NC(=O)CCC(=O)CCCCCC. The predicted molar refractivity (Wildman–Crippen MR) is 441 cm³/mol. The Hall–Kier alpha value is -4.58. The highest BCUT2D eigenvalue weighted by Crippen LogP contribution is 2.37. The van der Waals surface area contributed by atoms with Crippen LogP contribution in [0.15, 0.2) is 91.0 Å². The molecule has 8 N–H and O–H groups in total. The largest absolute Gasteiger partial charge is 0.394 e. The van der Waals surface area contributed by atoms with Gasteiger partial charge in [0, 0.05) is 44.4 Å². The van der Waals surface area contributed by atoms with Gasteiger partial charge in [0.15, 0.2) is 12.6 Å². The van der Waals surface area contributed by atoms with Gasteiger partial charge in [-0.2, -0.15) is 0 Å². The van der Waals surface area contributed by atoms with Gasteiger partial charge in [-0.3, -0.25) is 19.2 Å². The molecule has 2 aliphatic heterocycles. The van der Waals surface area contributed by atoms with Crippen molar-refractivity contribution in [3.8, 4) is 0 Å². The molecule has 2 aliphatic rings. The zero-order valence-corrected chi connectivity index (χ0v) is 69.8. The number of aliphatic hydroxyl groups excluding tert-OH is 6. The lowest BCUT2D eigenvalue weighted by atomic mass is 9.79. The van der Waals surface area contributed by atoms with Crippen LogP contribution in [0.25, 0.3) is 0 Å². The first-order chi connectivity index (χ1) is 53.9. The first kappa shape index (κ1) is 98.8. The van der Waals surface area contributed by atoms with Crippen LogP contribution in [0.1, 0.15) is 322 Å².